The van der Waals surface area contributed by atoms with E-state index in [4.69, 9.17) is 6.42 Å². The minimum absolute atomic E-state index is 0.0608. The van der Waals surface area contributed by atoms with Gasteiger partial charge in [0.2, 0.25) is 5.82 Å². The topological polar surface area (TPSA) is 73.0 Å². The van der Waals surface area contributed by atoms with Crippen molar-refractivity contribution in [1.29, 1.82) is 0 Å². The average molecular weight is 264 g/mol. The molecule has 0 atom stereocenters. The Labute approximate surface area is 113 Å². The van der Waals surface area contributed by atoms with Crippen LogP contribution in [0.2, 0.25) is 0 Å². The third-order valence-corrected chi connectivity index (χ3v) is 2.77. The first-order valence-corrected chi connectivity index (χ1v) is 6.39. The molecule has 0 bridgehead atoms. The number of hydrogen-bond donors (Lipinski definition) is 1. The summed E-state index contributed by atoms with van der Waals surface area (Å²) in [7, 11) is 0. The van der Waals surface area contributed by atoms with Gasteiger partial charge < -0.3 is 5.32 Å². The number of aryl methyl sites for hydroxylation is 1. The van der Waals surface area contributed by atoms with Crippen LogP contribution < -0.4 is 5.32 Å². The fourth-order valence-electron chi connectivity index (χ4n) is 1.85. The van der Waals surface area contributed by atoms with E-state index in [0.29, 0.717) is 18.1 Å². The van der Waals surface area contributed by atoms with Crippen molar-refractivity contribution in [1.82, 2.24) is 9.78 Å². The Morgan fingerprint density at radius 3 is 2.74 bits per heavy atom. The molecule has 0 spiro atoms. The van der Waals surface area contributed by atoms with E-state index in [1.165, 1.54) is 0 Å². The minimum Gasteiger partial charge on any atom is -0.365 e. The third kappa shape index (κ3) is 3.71. The van der Waals surface area contributed by atoms with Gasteiger partial charge in [0.15, 0.2) is 0 Å². The molecular formula is C13H20N4O2. The summed E-state index contributed by atoms with van der Waals surface area (Å²) in [4.78, 5) is 10.7. The third-order valence-electron chi connectivity index (χ3n) is 2.77. The predicted octanol–water partition coefficient (Wildman–Crippen LogP) is 2.90. The second kappa shape index (κ2) is 6.78. The van der Waals surface area contributed by atoms with Gasteiger partial charge in [-0.15, -0.1) is 12.3 Å². The van der Waals surface area contributed by atoms with E-state index in [9.17, 15) is 10.1 Å². The number of terminal acetylenes is 1. The van der Waals surface area contributed by atoms with E-state index in [-0.39, 0.29) is 16.7 Å². The minimum atomic E-state index is -0.384. The molecule has 0 aliphatic rings. The molecule has 0 aromatic carbocycles. The van der Waals surface area contributed by atoms with Crippen LogP contribution in [-0.2, 0) is 0 Å². The molecular weight excluding hydrogens is 244 g/mol. The lowest BCUT2D eigenvalue weighted by Crippen LogP contribution is -2.12. The van der Waals surface area contributed by atoms with Gasteiger partial charge in [-0.2, -0.15) is 5.10 Å². The summed E-state index contributed by atoms with van der Waals surface area (Å²) >= 11 is 0. The van der Waals surface area contributed by atoms with Crippen LogP contribution in [0.4, 0.5) is 11.5 Å². The van der Waals surface area contributed by atoms with Crippen LogP contribution in [0.25, 0.3) is 0 Å². The van der Waals surface area contributed by atoms with Crippen LogP contribution >= 0.6 is 0 Å². The molecule has 1 rings (SSSR count). The SMILES string of the molecule is C#CCCCCNc1c([N+](=O)[O-])c(C)nn1C(C)C. The Kier molecular flexibility index (Phi) is 5.37. The second-order valence-corrected chi connectivity index (χ2v) is 4.67. The highest BCUT2D eigenvalue weighted by Gasteiger charge is 2.25. The van der Waals surface area contributed by atoms with Gasteiger partial charge in [-0.25, -0.2) is 4.68 Å². The van der Waals surface area contributed by atoms with Gasteiger partial charge in [-0.05, 0) is 33.6 Å². The first-order chi connectivity index (χ1) is 8.99. The zero-order valence-corrected chi connectivity index (χ0v) is 11.6. The molecule has 0 aliphatic heterocycles. The average Bonchev–Trinajstić information content (AvgIpc) is 2.66. The number of unbranched alkanes of at least 4 members (excludes halogenated alkanes) is 2. The molecule has 0 aliphatic carbocycles. The van der Waals surface area contributed by atoms with Gasteiger partial charge in [0, 0.05) is 19.0 Å². The van der Waals surface area contributed by atoms with E-state index in [0.717, 1.165) is 19.3 Å². The van der Waals surface area contributed by atoms with Crippen LogP contribution in [0.3, 0.4) is 0 Å². The zero-order chi connectivity index (χ0) is 14.4. The van der Waals surface area contributed by atoms with Gasteiger partial charge in [0.1, 0.15) is 5.69 Å². The molecule has 0 radical (unpaired) electrons. The molecule has 6 heteroatoms. The van der Waals surface area contributed by atoms with Gasteiger partial charge in [-0.3, -0.25) is 10.1 Å². The number of anilines is 1. The summed E-state index contributed by atoms with van der Waals surface area (Å²) in [5.41, 5.74) is 0.496. The molecule has 19 heavy (non-hydrogen) atoms. The molecule has 0 fully saturated rings. The highest BCUT2D eigenvalue weighted by atomic mass is 16.6. The number of nitrogens with one attached hydrogen (secondary N) is 1. The summed E-state index contributed by atoms with van der Waals surface area (Å²) in [6.07, 6.45) is 7.69. The highest BCUT2D eigenvalue weighted by molar-refractivity contribution is 5.59. The largest absolute Gasteiger partial charge is 0.365 e. The first-order valence-electron chi connectivity index (χ1n) is 6.39. The summed E-state index contributed by atoms with van der Waals surface area (Å²) in [6, 6.07) is 0.0700. The van der Waals surface area contributed by atoms with E-state index in [1.54, 1.807) is 11.6 Å². The lowest BCUT2D eigenvalue weighted by molar-refractivity contribution is -0.384. The zero-order valence-electron chi connectivity index (χ0n) is 11.6. The summed E-state index contributed by atoms with van der Waals surface area (Å²) in [5.74, 6) is 3.06. The number of nitrogens with zero attached hydrogens (tertiary/aromatic N) is 3. The summed E-state index contributed by atoms with van der Waals surface area (Å²) in [6.45, 7) is 6.19. The molecule has 0 saturated heterocycles. The normalized spacial score (nSPS) is 10.5. The second-order valence-electron chi connectivity index (χ2n) is 4.67. The molecule has 1 aromatic rings. The van der Waals surface area contributed by atoms with E-state index in [1.807, 2.05) is 13.8 Å². The summed E-state index contributed by atoms with van der Waals surface area (Å²) in [5, 5.41) is 18.4. The van der Waals surface area contributed by atoms with E-state index < -0.39 is 0 Å². The molecule has 6 nitrogen and oxygen atoms in total. The standard InChI is InChI=1S/C13H20N4O2/c1-5-6-7-8-9-14-13-12(17(18)19)11(4)15-16(13)10(2)3/h1,10,14H,6-9H2,2-4H3. The molecule has 0 unspecified atom stereocenters. The quantitative estimate of drug-likeness (QED) is 0.356. The number of hydrogen-bond acceptors (Lipinski definition) is 4. The van der Waals surface area contributed by atoms with Crippen molar-refractivity contribution in [2.45, 2.75) is 46.1 Å². The molecule has 104 valence electrons. The molecule has 0 amide bonds. The van der Waals surface area contributed by atoms with Crippen molar-refractivity contribution in [3.05, 3.63) is 15.8 Å². The first kappa shape index (κ1) is 15.0. The maximum atomic E-state index is 11.1. The fourth-order valence-corrected chi connectivity index (χ4v) is 1.85. The van der Waals surface area contributed by atoms with Crippen molar-refractivity contribution in [2.75, 3.05) is 11.9 Å². The lowest BCUT2D eigenvalue weighted by atomic mass is 10.2. The maximum Gasteiger partial charge on any atom is 0.333 e. The molecule has 1 heterocycles. The molecule has 0 saturated carbocycles. The predicted molar refractivity (Wildman–Crippen MR) is 75.2 cm³/mol. The van der Waals surface area contributed by atoms with Gasteiger partial charge in [0.05, 0.1) is 4.92 Å². The van der Waals surface area contributed by atoms with Crippen LogP contribution in [0.1, 0.15) is 44.8 Å². The van der Waals surface area contributed by atoms with Gasteiger partial charge in [0.25, 0.3) is 0 Å². The Balaban J connectivity index is 2.84. The Morgan fingerprint density at radius 2 is 2.21 bits per heavy atom. The van der Waals surface area contributed by atoms with Crippen LogP contribution in [-0.4, -0.2) is 21.2 Å². The Hall–Kier alpha value is -2.03. The monoisotopic (exact) mass is 264 g/mol. The Bertz CT molecular complexity index is 486. The van der Waals surface area contributed by atoms with Crippen LogP contribution in [0.15, 0.2) is 0 Å². The van der Waals surface area contributed by atoms with Crippen molar-refractivity contribution in [3.8, 4) is 12.3 Å². The molecule has 1 N–H and O–H groups in total. The van der Waals surface area contributed by atoms with Crippen molar-refractivity contribution in [2.24, 2.45) is 0 Å². The highest BCUT2D eigenvalue weighted by Crippen LogP contribution is 2.30. The van der Waals surface area contributed by atoms with Crippen molar-refractivity contribution < 1.29 is 4.92 Å². The smallest absolute Gasteiger partial charge is 0.333 e. The molecule has 1 aromatic heterocycles. The fraction of sp³-hybridized carbons (Fsp3) is 0.615. The maximum absolute atomic E-state index is 11.1. The van der Waals surface area contributed by atoms with Crippen LogP contribution in [0.5, 0.6) is 0 Å². The number of aromatic nitrogens is 2. The van der Waals surface area contributed by atoms with E-state index >= 15 is 0 Å². The van der Waals surface area contributed by atoms with Gasteiger partial charge >= 0.3 is 5.69 Å². The number of nitro groups is 1. The number of rotatable bonds is 7. The Morgan fingerprint density at radius 1 is 1.53 bits per heavy atom. The van der Waals surface area contributed by atoms with E-state index in [2.05, 4.69) is 16.3 Å². The van der Waals surface area contributed by atoms with Crippen LogP contribution in [0, 0.1) is 29.4 Å². The lowest BCUT2D eigenvalue weighted by Gasteiger charge is -2.11. The summed E-state index contributed by atoms with van der Waals surface area (Å²) < 4.78 is 1.66. The van der Waals surface area contributed by atoms with Crippen molar-refractivity contribution >= 4 is 11.5 Å². The van der Waals surface area contributed by atoms with Crippen molar-refractivity contribution in [3.63, 3.8) is 0 Å². The van der Waals surface area contributed by atoms with Gasteiger partial charge in [-0.1, -0.05) is 0 Å².